The van der Waals surface area contributed by atoms with Gasteiger partial charge in [0.2, 0.25) is 0 Å². The Bertz CT molecular complexity index is 1250. The summed E-state index contributed by atoms with van der Waals surface area (Å²) >= 11 is 0. The molecule has 0 saturated heterocycles. The average Bonchev–Trinajstić information content (AvgIpc) is 2.70. The summed E-state index contributed by atoms with van der Waals surface area (Å²) in [4.78, 5) is 0. The molecule has 0 radical (unpaired) electrons. The molecule has 0 unspecified atom stereocenters. The molecular weight excluding hydrogens is 506 g/mol. The smallest absolute Gasteiger partial charge is 0.222 e. The van der Waals surface area contributed by atoms with E-state index in [0.717, 1.165) is 24.1 Å². The van der Waals surface area contributed by atoms with Crippen molar-refractivity contribution < 1.29 is 48.6 Å². The van der Waals surface area contributed by atoms with Crippen molar-refractivity contribution in [2.75, 3.05) is 0 Å². The summed E-state index contributed by atoms with van der Waals surface area (Å²) < 4.78 is 138. The number of alkyl halides is 5. The lowest BCUT2D eigenvalue weighted by Gasteiger charge is -2.20. The van der Waals surface area contributed by atoms with E-state index in [-0.39, 0.29) is 23.3 Å². The van der Waals surface area contributed by atoms with Crippen molar-refractivity contribution in [1.29, 1.82) is 0 Å². The monoisotopic (exact) mass is 522 g/mol. The van der Waals surface area contributed by atoms with E-state index in [9.17, 15) is 43.9 Å². The molecular formula is C25H16F10O. The van der Waals surface area contributed by atoms with Crippen molar-refractivity contribution in [1.82, 2.24) is 0 Å². The third-order valence-corrected chi connectivity index (χ3v) is 4.99. The molecule has 0 aliphatic carbocycles. The van der Waals surface area contributed by atoms with Crippen molar-refractivity contribution in [3.05, 3.63) is 93.8 Å². The first-order valence-electron chi connectivity index (χ1n) is 10.3. The molecule has 0 saturated carbocycles. The zero-order valence-corrected chi connectivity index (χ0v) is 18.3. The highest BCUT2D eigenvalue weighted by atomic mass is 19.4. The van der Waals surface area contributed by atoms with Crippen molar-refractivity contribution >= 4 is 12.2 Å². The highest BCUT2D eigenvalue weighted by Gasteiger charge is 2.49. The minimum atomic E-state index is -5.93. The lowest BCUT2D eigenvalue weighted by atomic mass is 9.99. The fourth-order valence-electron chi connectivity index (χ4n) is 3.49. The number of benzene rings is 3. The van der Waals surface area contributed by atoms with Gasteiger partial charge in [-0.25, -0.2) is 26.7 Å². The minimum absolute atomic E-state index is 0.0519. The van der Waals surface area contributed by atoms with Crippen LogP contribution in [0.4, 0.5) is 43.9 Å². The van der Waals surface area contributed by atoms with E-state index in [0.29, 0.717) is 6.42 Å². The Balaban J connectivity index is 1.94. The molecule has 0 amide bonds. The maximum atomic E-state index is 14.6. The maximum absolute atomic E-state index is 14.6. The van der Waals surface area contributed by atoms with Gasteiger partial charge in [-0.15, -0.1) is 13.2 Å². The first-order valence-corrected chi connectivity index (χ1v) is 10.3. The Kier molecular flexibility index (Phi) is 7.82. The summed E-state index contributed by atoms with van der Waals surface area (Å²) in [7, 11) is 0. The first kappa shape index (κ1) is 27.3. The van der Waals surface area contributed by atoms with Crippen LogP contribution < -0.4 is 0 Å². The number of hydrogen-bond acceptors (Lipinski definition) is 1. The summed E-state index contributed by atoms with van der Waals surface area (Å²) in [6.07, 6.45) is -7.49. The third-order valence-electron chi connectivity index (χ3n) is 4.99. The van der Waals surface area contributed by atoms with Crippen LogP contribution in [0.1, 0.15) is 35.6 Å². The fourth-order valence-corrected chi connectivity index (χ4v) is 3.49. The normalized spacial score (nSPS) is 12.5. The largest absolute Gasteiger partial charge is 0.527 e. The molecule has 0 heterocycles. The molecule has 11 heteroatoms. The van der Waals surface area contributed by atoms with E-state index < -0.39 is 58.2 Å². The predicted molar refractivity (Wildman–Crippen MR) is 112 cm³/mol. The molecule has 0 N–H and O–H groups in total. The van der Waals surface area contributed by atoms with E-state index >= 15 is 0 Å². The van der Waals surface area contributed by atoms with Gasteiger partial charge in [0.15, 0.2) is 0 Å². The van der Waals surface area contributed by atoms with Crippen LogP contribution in [-0.2, 0) is 17.3 Å². The molecule has 3 aromatic carbocycles. The van der Waals surface area contributed by atoms with E-state index in [2.05, 4.69) is 4.74 Å². The number of rotatable bonds is 7. The average molecular weight is 522 g/mol. The number of halogens is 10. The standard InChI is InChI=1S/C25H16F10O/c1-2-3-13-4-6-15(17(26)8-13)7-5-14-9-18(27)22(19(28)10-14)16-11-20(29)23(21(30)12-16)24(31,32)36-25(33,34)35/h4-12H,2-3H2,1H3/b7-5+. The van der Waals surface area contributed by atoms with Gasteiger partial charge in [0, 0.05) is 5.56 Å². The molecule has 0 aliphatic rings. The molecule has 0 aliphatic heterocycles. The predicted octanol–water partition coefficient (Wildman–Crippen LogP) is 8.76. The fraction of sp³-hybridized carbons (Fsp3) is 0.200. The molecule has 0 fully saturated rings. The van der Waals surface area contributed by atoms with Gasteiger partial charge in [0.1, 0.15) is 34.6 Å². The van der Waals surface area contributed by atoms with E-state index in [1.165, 1.54) is 24.3 Å². The second-order valence-electron chi connectivity index (χ2n) is 7.68. The number of hydrogen-bond donors (Lipinski definition) is 0. The zero-order chi connectivity index (χ0) is 26.8. The maximum Gasteiger partial charge on any atom is 0.527 e. The summed E-state index contributed by atoms with van der Waals surface area (Å²) in [6, 6.07) is 6.07. The molecule has 0 aromatic heterocycles. The van der Waals surface area contributed by atoms with Crippen molar-refractivity contribution in [3.8, 4) is 11.1 Å². The van der Waals surface area contributed by atoms with E-state index in [4.69, 9.17) is 0 Å². The van der Waals surface area contributed by atoms with E-state index in [1.807, 2.05) is 6.92 Å². The molecule has 0 bridgehead atoms. The van der Waals surface area contributed by atoms with Crippen LogP contribution in [-0.4, -0.2) is 6.36 Å². The summed E-state index contributed by atoms with van der Waals surface area (Å²) in [5.41, 5.74) is -3.50. The molecule has 1 nitrogen and oxygen atoms in total. The van der Waals surface area contributed by atoms with Crippen LogP contribution in [0.5, 0.6) is 0 Å². The van der Waals surface area contributed by atoms with E-state index in [1.54, 1.807) is 6.07 Å². The number of ether oxygens (including phenoxy) is 1. The Hall–Kier alpha value is -3.34. The lowest BCUT2D eigenvalue weighted by Crippen LogP contribution is -2.29. The Morgan fingerprint density at radius 3 is 1.81 bits per heavy atom. The molecule has 0 spiro atoms. The van der Waals surface area contributed by atoms with Gasteiger partial charge in [-0.05, 0) is 53.4 Å². The molecule has 0 atom stereocenters. The van der Waals surface area contributed by atoms with Crippen LogP contribution in [0, 0.1) is 29.1 Å². The zero-order valence-electron chi connectivity index (χ0n) is 18.3. The summed E-state index contributed by atoms with van der Waals surface area (Å²) in [5, 5.41) is 0. The van der Waals surface area contributed by atoms with Gasteiger partial charge in [-0.3, -0.25) is 0 Å². The highest BCUT2D eigenvalue weighted by molar-refractivity contribution is 5.73. The summed E-state index contributed by atoms with van der Waals surface area (Å²) in [6.45, 7) is 1.92. The van der Waals surface area contributed by atoms with Crippen molar-refractivity contribution in [2.45, 2.75) is 32.2 Å². The Morgan fingerprint density at radius 1 is 0.722 bits per heavy atom. The third kappa shape index (κ3) is 6.26. The van der Waals surface area contributed by atoms with Crippen LogP contribution in [0.3, 0.4) is 0 Å². The van der Waals surface area contributed by atoms with Crippen LogP contribution in [0.15, 0.2) is 42.5 Å². The van der Waals surface area contributed by atoms with Crippen LogP contribution in [0.2, 0.25) is 0 Å². The van der Waals surface area contributed by atoms with Gasteiger partial charge in [0.25, 0.3) is 0 Å². The van der Waals surface area contributed by atoms with Gasteiger partial charge in [-0.2, -0.15) is 8.78 Å². The number of aryl methyl sites for hydroxylation is 1. The molecule has 3 rings (SSSR count). The topological polar surface area (TPSA) is 9.23 Å². The second-order valence-corrected chi connectivity index (χ2v) is 7.68. The Labute approximate surface area is 198 Å². The SMILES string of the molecule is CCCc1ccc(/C=C/c2cc(F)c(-c3cc(F)c(C(F)(F)OC(F)(F)F)c(F)c3)c(F)c2)c(F)c1. The quantitative estimate of drug-likeness (QED) is 0.223. The molecule has 36 heavy (non-hydrogen) atoms. The summed E-state index contributed by atoms with van der Waals surface area (Å²) in [5.74, 6) is -7.73. The molecule has 3 aromatic rings. The van der Waals surface area contributed by atoms with Crippen molar-refractivity contribution in [3.63, 3.8) is 0 Å². The van der Waals surface area contributed by atoms with Gasteiger partial charge in [-0.1, -0.05) is 37.6 Å². The van der Waals surface area contributed by atoms with Crippen molar-refractivity contribution in [2.24, 2.45) is 0 Å². The van der Waals surface area contributed by atoms with Crippen LogP contribution >= 0.6 is 0 Å². The minimum Gasteiger partial charge on any atom is -0.222 e. The second kappa shape index (κ2) is 10.3. The first-order chi connectivity index (χ1) is 16.7. The highest BCUT2D eigenvalue weighted by Crippen LogP contribution is 2.40. The van der Waals surface area contributed by atoms with Gasteiger partial charge < -0.3 is 0 Å². The van der Waals surface area contributed by atoms with Gasteiger partial charge in [0.05, 0.1) is 5.56 Å². The lowest BCUT2D eigenvalue weighted by molar-refractivity contribution is -0.432. The molecule has 192 valence electrons. The van der Waals surface area contributed by atoms with Crippen LogP contribution in [0.25, 0.3) is 23.3 Å². The van der Waals surface area contributed by atoms with Gasteiger partial charge >= 0.3 is 12.5 Å². The Morgan fingerprint density at radius 2 is 1.31 bits per heavy atom.